The molecule has 0 heterocycles. The van der Waals surface area contributed by atoms with Crippen molar-refractivity contribution in [1.29, 1.82) is 0 Å². The highest BCUT2D eigenvalue weighted by Gasteiger charge is 2.22. The Morgan fingerprint density at radius 1 is 1.25 bits per heavy atom. The molecule has 0 aromatic rings. The van der Waals surface area contributed by atoms with Gasteiger partial charge in [0.25, 0.3) is 10.2 Å². The van der Waals surface area contributed by atoms with Crippen LogP contribution in [0.4, 0.5) is 0 Å². The quantitative estimate of drug-likeness (QED) is 0.657. The fourth-order valence-electron chi connectivity index (χ4n) is 1.77. The van der Waals surface area contributed by atoms with E-state index in [0.717, 1.165) is 25.7 Å². The summed E-state index contributed by atoms with van der Waals surface area (Å²) >= 11 is 0. The summed E-state index contributed by atoms with van der Waals surface area (Å²) < 4.78 is 28.5. The summed E-state index contributed by atoms with van der Waals surface area (Å²) in [7, 11) is -3.33. The Hall–Kier alpha value is -0.170. The minimum atomic E-state index is -3.33. The molecule has 1 aliphatic rings. The first-order chi connectivity index (χ1) is 7.39. The maximum absolute atomic E-state index is 11.6. The summed E-state index contributed by atoms with van der Waals surface area (Å²) in [5.41, 5.74) is 5.77. The molecule has 0 aromatic heterocycles. The zero-order valence-electron chi connectivity index (χ0n) is 10.1. The van der Waals surface area contributed by atoms with Crippen LogP contribution in [0.2, 0.25) is 0 Å². The molecule has 1 rings (SSSR count). The summed E-state index contributed by atoms with van der Waals surface area (Å²) in [4.78, 5) is 0. The Morgan fingerprint density at radius 3 is 2.31 bits per heavy atom. The van der Waals surface area contributed by atoms with Crippen LogP contribution in [0.15, 0.2) is 0 Å². The molecule has 0 aromatic carbocycles. The lowest BCUT2D eigenvalue weighted by molar-refractivity contribution is 0.372. The normalized spacial score (nSPS) is 27.2. The average Bonchev–Trinajstić information content (AvgIpc) is 2.19. The number of hydrogen-bond acceptors (Lipinski definition) is 3. The van der Waals surface area contributed by atoms with Crippen LogP contribution < -0.4 is 15.2 Å². The van der Waals surface area contributed by atoms with Crippen molar-refractivity contribution >= 4 is 10.2 Å². The van der Waals surface area contributed by atoms with Crippen LogP contribution in [0.5, 0.6) is 0 Å². The van der Waals surface area contributed by atoms with E-state index < -0.39 is 10.2 Å². The number of nitrogens with two attached hydrogens (primary N) is 1. The Labute approximate surface area is 98.4 Å². The lowest BCUT2D eigenvalue weighted by atomic mass is 9.93. The second-order valence-electron chi connectivity index (χ2n) is 4.98. The van der Waals surface area contributed by atoms with Gasteiger partial charge in [-0.3, -0.25) is 0 Å². The van der Waals surface area contributed by atoms with Crippen LogP contribution in [-0.2, 0) is 10.2 Å². The third-order valence-electron chi connectivity index (χ3n) is 2.78. The van der Waals surface area contributed by atoms with Gasteiger partial charge in [-0.05, 0) is 31.6 Å². The smallest absolute Gasteiger partial charge is 0.277 e. The number of rotatable bonds is 5. The fourth-order valence-corrected chi connectivity index (χ4v) is 3.09. The van der Waals surface area contributed by atoms with Crippen LogP contribution >= 0.6 is 0 Å². The van der Waals surface area contributed by atoms with Crippen molar-refractivity contribution in [2.24, 2.45) is 11.7 Å². The lowest BCUT2D eigenvalue weighted by Crippen LogP contribution is -2.46. The van der Waals surface area contributed by atoms with E-state index >= 15 is 0 Å². The van der Waals surface area contributed by atoms with E-state index in [1.807, 2.05) is 13.8 Å². The monoisotopic (exact) mass is 249 g/mol. The SMILES string of the molecule is CC(C)CNS(=O)(=O)NC1CCC(N)CC1. The maximum atomic E-state index is 11.6. The predicted octanol–water partition coefficient (Wildman–Crippen LogP) is 0.336. The summed E-state index contributed by atoms with van der Waals surface area (Å²) in [6.07, 6.45) is 3.47. The molecule has 1 aliphatic carbocycles. The van der Waals surface area contributed by atoms with Gasteiger partial charge in [-0.2, -0.15) is 13.1 Å². The molecule has 5 nitrogen and oxygen atoms in total. The van der Waals surface area contributed by atoms with Crippen LogP contribution in [0.3, 0.4) is 0 Å². The first-order valence-corrected chi connectivity index (χ1v) is 7.40. The molecule has 1 fully saturated rings. The van der Waals surface area contributed by atoms with Gasteiger partial charge in [0, 0.05) is 18.6 Å². The zero-order valence-corrected chi connectivity index (χ0v) is 10.9. The summed E-state index contributed by atoms with van der Waals surface area (Å²) in [5, 5.41) is 0. The van der Waals surface area contributed by atoms with E-state index in [1.165, 1.54) is 0 Å². The number of nitrogens with one attached hydrogen (secondary N) is 2. The van der Waals surface area contributed by atoms with Gasteiger partial charge in [0.1, 0.15) is 0 Å². The molecular weight excluding hydrogens is 226 g/mol. The highest BCUT2D eigenvalue weighted by molar-refractivity contribution is 7.87. The Kier molecular flexibility index (Phi) is 5.17. The van der Waals surface area contributed by atoms with E-state index in [0.29, 0.717) is 12.5 Å². The van der Waals surface area contributed by atoms with Crippen LogP contribution in [0.1, 0.15) is 39.5 Å². The summed E-state index contributed by atoms with van der Waals surface area (Å²) in [6.45, 7) is 4.42. The van der Waals surface area contributed by atoms with Gasteiger partial charge in [-0.25, -0.2) is 4.72 Å². The summed E-state index contributed by atoms with van der Waals surface area (Å²) in [5.74, 6) is 0.316. The topological polar surface area (TPSA) is 84.2 Å². The molecule has 96 valence electrons. The molecule has 0 saturated heterocycles. The van der Waals surface area contributed by atoms with Crippen molar-refractivity contribution in [2.75, 3.05) is 6.54 Å². The van der Waals surface area contributed by atoms with Crippen molar-refractivity contribution in [2.45, 2.75) is 51.6 Å². The molecule has 6 heteroatoms. The maximum Gasteiger partial charge on any atom is 0.277 e. The van der Waals surface area contributed by atoms with Crippen LogP contribution in [0, 0.1) is 5.92 Å². The average molecular weight is 249 g/mol. The van der Waals surface area contributed by atoms with E-state index in [2.05, 4.69) is 9.44 Å². The van der Waals surface area contributed by atoms with E-state index in [9.17, 15) is 8.42 Å². The molecule has 0 radical (unpaired) electrons. The van der Waals surface area contributed by atoms with Crippen molar-refractivity contribution in [1.82, 2.24) is 9.44 Å². The van der Waals surface area contributed by atoms with Crippen molar-refractivity contribution in [3.8, 4) is 0 Å². The summed E-state index contributed by atoms with van der Waals surface area (Å²) in [6, 6.07) is 0.286. The van der Waals surface area contributed by atoms with Gasteiger partial charge in [-0.15, -0.1) is 0 Å². The first-order valence-electron chi connectivity index (χ1n) is 5.91. The van der Waals surface area contributed by atoms with Crippen molar-refractivity contribution in [3.05, 3.63) is 0 Å². The second-order valence-corrected chi connectivity index (χ2v) is 6.51. The fraction of sp³-hybridized carbons (Fsp3) is 1.00. The standard InChI is InChI=1S/C10H23N3O2S/c1-8(2)7-12-16(14,15)13-10-5-3-9(11)4-6-10/h8-10,12-13H,3-7,11H2,1-2H3. The lowest BCUT2D eigenvalue weighted by Gasteiger charge is -2.26. The molecule has 0 bridgehead atoms. The first kappa shape index (κ1) is 13.9. The van der Waals surface area contributed by atoms with Gasteiger partial charge >= 0.3 is 0 Å². The van der Waals surface area contributed by atoms with E-state index in [1.54, 1.807) is 0 Å². The number of hydrogen-bond donors (Lipinski definition) is 3. The van der Waals surface area contributed by atoms with Gasteiger partial charge in [0.15, 0.2) is 0 Å². The second kappa shape index (κ2) is 5.95. The van der Waals surface area contributed by atoms with Crippen LogP contribution in [0.25, 0.3) is 0 Å². The van der Waals surface area contributed by atoms with Crippen molar-refractivity contribution < 1.29 is 8.42 Å². The highest BCUT2D eigenvalue weighted by atomic mass is 32.2. The van der Waals surface area contributed by atoms with Crippen molar-refractivity contribution in [3.63, 3.8) is 0 Å². The molecule has 0 spiro atoms. The molecule has 0 amide bonds. The third kappa shape index (κ3) is 5.25. The van der Waals surface area contributed by atoms with Crippen LogP contribution in [-0.4, -0.2) is 27.0 Å². The van der Waals surface area contributed by atoms with Gasteiger partial charge in [0.05, 0.1) is 0 Å². The van der Waals surface area contributed by atoms with E-state index in [4.69, 9.17) is 5.73 Å². The molecule has 0 aliphatic heterocycles. The van der Waals surface area contributed by atoms with Gasteiger partial charge in [-0.1, -0.05) is 13.8 Å². The zero-order chi connectivity index (χ0) is 12.2. The Balaban J connectivity index is 2.35. The molecular formula is C10H23N3O2S. The molecule has 0 atom stereocenters. The molecule has 1 saturated carbocycles. The third-order valence-corrected chi connectivity index (χ3v) is 3.97. The van der Waals surface area contributed by atoms with Gasteiger partial charge < -0.3 is 5.73 Å². The van der Waals surface area contributed by atoms with Gasteiger partial charge in [0.2, 0.25) is 0 Å². The predicted molar refractivity (Wildman–Crippen MR) is 65.1 cm³/mol. The Morgan fingerprint density at radius 2 is 1.81 bits per heavy atom. The molecule has 16 heavy (non-hydrogen) atoms. The minimum absolute atomic E-state index is 0.0458. The molecule has 4 N–H and O–H groups in total. The molecule has 0 unspecified atom stereocenters. The Bertz CT molecular complexity index is 295. The highest BCUT2D eigenvalue weighted by Crippen LogP contribution is 2.17. The minimum Gasteiger partial charge on any atom is -0.328 e. The largest absolute Gasteiger partial charge is 0.328 e. The van der Waals surface area contributed by atoms with E-state index in [-0.39, 0.29) is 12.1 Å².